The van der Waals surface area contributed by atoms with E-state index in [-0.39, 0.29) is 0 Å². The summed E-state index contributed by atoms with van der Waals surface area (Å²) in [6.45, 7) is 2.51. The second-order valence-electron chi connectivity index (χ2n) is 6.40. The first-order chi connectivity index (χ1) is 11.2. The third-order valence-corrected chi connectivity index (χ3v) is 4.82. The Hall–Kier alpha value is -2.07. The molecule has 2 unspecified atom stereocenters. The predicted molar refractivity (Wildman–Crippen MR) is 90.4 cm³/mol. The van der Waals surface area contributed by atoms with Gasteiger partial charge in [0.15, 0.2) is 0 Å². The Morgan fingerprint density at radius 2 is 1.83 bits per heavy atom. The zero-order valence-electron chi connectivity index (χ0n) is 13.4. The van der Waals surface area contributed by atoms with Gasteiger partial charge in [0, 0.05) is 19.6 Å². The molecular formula is C19H23NO3. The Morgan fingerprint density at radius 3 is 2.35 bits per heavy atom. The first-order valence-electron chi connectivity index (χ1n) is 8.11. The van der Waals surface area contributed by atoms with Crippen LogP contribution < -0.4 is 4.74 Å². The number of rotatable bonds is 5. The minimum Gasteiger partial charge on any atom is -0.497 e. The third-order valence-electron chi connectivity index (χ3n) is 4.82. The second kappa shape index (κ2) is 7.01. The molecular weight excluding hydrogens is 290 g/mol. The molecule has 3 rings (SSSR count). The molecule has 1 fully saturated rings. The Kier molecular flexibility index (Phi) is 4.82. The zero-order valence-corrected chi connectivity index (χ0v) is 13.4. The maximum absolute atomic E-state index is 11.6. The number of fused-ring (bicyclic) bond motifs is 1. The standard InChI is InChI=1S/C19H23NO3/c1-23-18-8-6-14(7-9-18)10-17(19(21)22)13-20-11-15-4-2-3-5-16(15)12-20/h2-3,6-10,15-16H,4-5,11-13H2,1H3,(H,21,22)/b17-10-. The van der Waals surface area contributed by atoms with Crippen LogP contribution in [0.1, 0.15) is 18.4 Å². The molecule has 1 N–H and O–H groups in total. The van der Waals surface area contributed by atoms with Crippen LogP contribution in [0.2, 0.25) is 0 Å². The van der Waals surface area contributed by atoms with Gasteiger partial charge < -0.3 is 9.84 Å². The van der Waals surface area contributed by atoms with E-state index in [1.807, 2.05) is 24.3 Å². The van der Waals surface area contributed by atoms with Gasteiger partial charge >= 0.3 is 5.97 Å². The van der Waals surface area contributed by atoms with Crippen molar-refractivity contribution < 1.29 is 14.6 Å². The summed E-state index contributed by atoms with van der Waals surface area (Å²) in [6, 6.07) is 7.47. The van der Waals surface area contributed by atoms with Crippen molar-refractivity contribution in [1.29, 1.82) is 0 Å². The molecule has 1 heterocycles. The normalized spacial score (nSPS) is 24.5. The third kappa shape index (κ3) is 3.82. The van der Waals surface area contributed by atoms with E-state index < -0.39 is 5.97 Å². The summed E-state index contributed by atoms with van der Waals surface area (Å²) in [6.07, 6.45) is 8.55. The van der Waals surface area contributed by atoms with E-state index in [0.29, 0.717) is 24.0 Å². The molecule has 2 atom stereocenters. The number of aliphatic carboxylic acids is 1. The number of carboxylic acid groups (broad SMARTS) is 1. The molecule has 1 aromatic rings. The molecule has 1 aliphatic heterocycles. The molecule has 4 heteroatoms. The van der Waals surface area contributed by atoms with Gasteiger partial charge in [-0.05, 0) is 48.4 Å². The average molecular weight is 313 g/mol. The van der Waals surface area contributed by atoms with Gasteiger partial charge in [0.05, 0.1) is 12.7 Å². The van der Waals surface area contributed by atoms with Crippen LogP contribution >= 0.6 is 0 Å². The number of allylic oxidation sites excluding steroid dienone is 2. The summed E-state index contributed by atoms with van der Waals surface area (Å²) < 4.78 is 5.13. The lowest BCUT2D eigenvalue weighted by Gasteiger charge is -2.18. The van der Waals surface area contributed by atoms with Gasteiger partial charge in [0.1, 0.15) is 5.75 Å². The molecule has 23 heavy (non-hydrogen) atoms. The molecule has 0 bridgehead atoms. The maximum atomic E-state index is 11.6. The molecule has 0 saturated carbocycles. The van der Waals surface area contributed by atoms with Gasteiger partial charge in [-0.3, -0.25) is 4.90 Å². The minimum atomic E-state index is -0.839. The van der Waals surface area contributed by atoms with Gasteiger partial charge in [0.2, 0.25) is 0 Å². The topological polar surface area (TPSA) is 49.8 Å². The summed E-state index contributed by atoms with van der Waals surface area (Å²) in [7, 11) is 1.62. The molecule has 0 amide bonds. The second-order valence-corrected chi connectivity index (χ2v) is 6.40. The SMILES string of the molecule is COc1ccc(/C=C(/CN2CC3CC=CCC3C2)C(=O)O)cc1. The van der Waals surface area contributed by atoms with Crippen molar-refractivity contribution in [3.05, 3.63) is 47.6 Å². The van der Waals surface area contributed by atoms with Crippen molar-refractivity contribution >= 4 is 12.0 Å². The molecule has 0 radical (unpaired) electrons. The van der Waals surface area contributed by atoms with Gasteiger partial charge in [-0.1, -0.05) is 24.3 Å². The Labute approximate surface area is 137 Å². The van der Waals surface area contributed by atoms with Gasteiger partial charge in [-0.15, -0.1) is 0 Å². The first kappa shape index (κ1) is 15.8. The van der Waals surface area contributed by atoms with Crippen molar-refractivity contribution in [2.45, 2.75) is 12.8 Å². The molecule has 2 aliphatic rings. The van der Waals surface area contributed by atoms with Crippen molar-refractivity contribution in [2.75, 3.05) is 26.7 Å². The van der Waals surface area contributed by atoms with E-state index in [1.54, 1.807) is 13.2 Å². The van der Waals surface area contributed by atoms with E-state index >= 15 is 0 Å². The quantitative estimate of drug-likeness (QED) is 0.670. The Balaban J connectivity index is 1.69. The number of likely N-dealkylation sites (tertiary alicyclic amines) is 1. The summed E-state index contributed by atoms with van der Waals surface area (Å²) in [5, 5.41) is 9.52. The van der Waals surface area contributed by atoms with Crippen molar-refractivity contribution in [1.82, 2.24) is 4.90 Å². The number of carbonyl (C=O) groups is 1. The van der Waals surface area contributed by atoms with Crippen LogP contribution in [-0.2, 0) is 4.79 Å². The number of methoxy groups -OCH3 is 1. The van der Waals surface area contributed by atoms with Crippen LogP contribution in [0.3, 0.4) is 0 Å². The monoisotopic (exact) mass is 313 g/mol. The number of ether oxygens (including phenoxy) is 1. The highest BCUT2D eigenvalue weighted by molar-refractivity contribution is 5.92. The summed E-state index contributed by atoms with van der Waals surface area (Å²) in [5.74, 6) is 1.32. The lowest BCUT2D eigenvalue weighted by Crippen LogP contribution is -2.26. The number of nitrogens with zero attached hydrogens (tertiary/aromatic N) is 1. The van der Waals surface area contributed by atoms with E-state index in [1.165, 1.54) is 0 Å². The van der Waals surface area contributed by atoms with Crippen LogP contribution in [0.4, 0.5) is 0 Å². The minimum absolute atomic E-state index is 0.446. The van der Waals surface area contributed by atoms with Crippen molar-refractivity contribution in [3.8, 4) is 5.75 Å². The number of hydrogen-bond acceptors (Lipinski definition) is 3. The maximum Gasteiger partial charge on any atom is 0.332 e. The molecule has 0 spiro atoms. The van der Waals surface area contributed by atoms with E-state index in [2.05, 4.69) is 17.1 Å². The predicted octanol–water partition coefficient (Wildman–Crippen LogP) is 3.06. The van der Waals surface area contributed by atoms with Gasteiger partial charge in [0.25, 0.3) is 0 Å². The largest absolute Gasteiger partial charge is 0.497 e. The fourth-order valence-corrected chi connectivity index (χ4v) is 3.56. The van der Waals surface area contributed by atoms with Crippen LogP contribution in [0.15, 0.2) is 42.0 Å². The van der Waals surface area contributed by atoms with Gasteiger partial charge in [-0.25, -0.2) is 4.79 Å². The lowest BCUT2D eigenvalue weighted by molar-refractivity contribution is -0.132. The fourth-order valence-electron chi connectivity index (χ4n) is 3.56. The molecule has 1 saturated heterocycles. The average Bonchev–Trinajstić information content (AvgIpc) is 2.97. The van der Waals surface area contributed by atoms with E-state index in [9.17, 15) is 9.90 Å². The number of hydrogen-bond donors (Lipinski definition) is 1. The van der Waals surface area contributed by atoms with Crippen LogP contribution in [0.5, 0.6) is 5.75 Å². The van der Waals surface area contributed by atoms with Crippen molar-refractivity contribution in [2.24, 2.45) is 11.8 Å². The summed E-state index contributed by atoms with van der Waals surface area (Å²) in [4.78, 5) is 13.9. The van der Waals surface area contributed by atoms with Crippen LogP contribution in [0, 0.1) is 11.8 Å². The van der Waals surface area contributed by atoms with Crippen LogP contribution in [-0.4, -0.2) is 42.7 Å². The molecule has 0 aromatic heterocycles. The van der Waals surface area contributed by atoms with E-state index in [0.717, 1.165) is 37.2 Å². The molecule has 4 nitrogen and oxygen atoms in total. The van der Waals surface area contributed by atoms with Gasteiger partial charge in [-0.2, -0.15) is 0 Å². The summed E-state index contributed by atoms with van der Waals surface area (Å²) in [5.41, 5.74) is 1.34. The summed E-state index contributed by atoms with van der Waals surface area (Å²) >= 11 is 0. The highest BCUT2D eigenvalue weighted by Crippen LogP contribution is 2.33. The fraction of sp³-hybridized carbons (Fsp3) is 0.421. The molecule has 122 valence electrons. The van der Waals surface area contributed by atoms with E-state index in [4.69, 9.17) is 4.74 Å². The Bertz CT molecular complexity index is 602. The highest BCUT2D eigenvalue weighted by Gasteiger charge is 2.33. The molecule has 1 aliphatic carbocycles. The zero-order chi connectivity index (χ0) is 16.2. The Morgan fingerprint density at radius 1 is 1.22 bits per heavy atom. The highest BCUT2D eigenvalue weighted by atomic mass is 16.5. The lowest BCUT2D eigenvalue weighted by atomic mass is 9.86. The first-order valence-corrected chi connectivity index (χ1v) is 8.11. The number of benzene rings is 1. The van der Waals surface area contributed by atoms with Crippen molar-refractivity contribution in [3.63, 3.8) is 0 Å². The van der Waals surface area contributed by atoms with Crippen LogP contribution in [0.25, 0.3) is 6.08 Å². The smallest absolute Gasteiger partial charge is 0.332 e. The number of carboxylic acids is 1. The molecule has 1 aromatic carbocycles.